The summed E-state index contributed by atoms with van der Waals surface area (Å²) < 4.78 is 11.2. The molecule has 0 aromatic rings. The summed E-state index contributed by atoms with van der Waals surface area (Å²) in [5.41, 5.74) is 1.59. The molecule has 2 fully saturated rings. The van der Waals surface area contributed by atoms with E-state index in [2.05, 4.69) is 30.1 Å². The summed E-state index contributed by atoms with van der Waals surface area (Å²) in [5.74, 6) is 2.21. The highest BCUT2D eigenvalue weighted by molar-refractivity contribution is 5.09. The van der Waals surface area contributed by atoms with Gasteiger partial charge in [0.25, 0.3) is 0 Å². The number of ether oxygens (including phenoxy) is 2. The highest BCUT2D eigenvalue weighted by Gasteiger charge is 2.31. The lowest BCUT2D eigenvalue weighted by Crippen LogP contribution is -2.52. The topological polar surface area (TPSA) is 33.7 Å². The number of allylic oxidation sites excluding steroid dienone is 1. The summed E-state index contributed by atoms with van der Waals surface area (Å²) in [6, 6.07) is 0.601. The molecule has 132 valence electrons. The van der Waals surface area contributed by atoms with Crippen LogP contribution in [0.5, 0.6) is 0 Å². The average Bonchev–Trinajstić information content (AvgIpc) is 3.09. The van der Waals surface area contributed by atoms with Crippen LogP contribution in [0.25, 0.3) is 0 Å². The Morgan fingerprint density at radius 2 is 2.04 bits per heavy atom. The summed E-state index contributed by atoms with van der Waals surface area (Å²) in [6.07, 6.45) is 6.26. The first kappa shape index (κ1) is 17.4. The zero-order valence-electron chi connectivity index (χ0n) is 14.9. The molecule has 4 heteroatoms. The maximum absolute atomic E-state index is 5.66. The minimum absolute atomic E-state index is 0.601. The molecule has 4 nitrogen and oxygen atoms in total. The minimum Gasteiger partial charge on any atom is -0.381 e. The van der Waals surface area contributed by atoms with Crippen LogP contribution in [0, 0.1) is 17.8 Å². The van der Waals surface area contributed by atoms with Gasteiger partial charge in [0.15, 0.2) is 0 Å². The molecule has 0 bridgehead atoms. The first-order chi connectivity index (χ1) is 11.3. The Labute approximate surface area is 141 Å². The van der Waals surface area contributed by atoms with Crippen LogP contribution in [0.3, 0.4) is 0 Å². The Morgan fingerprint density at radius 3 is 2.74 bits per heavy atom. The molecule has 0 spiro atoms. The number of rotatable bonds is 6. The van der Waals surface area contributed by atoms with Gasteiger partial charge in [-0.2, -0.15) is 0 Å². The van der Waals surface area contributed by atoms with Crippen molar-refractivity contribution >= 4 is 0 Å². The molecule has 0 amide bonds. The Hall–Kier alpha value is -0.420. The van der Waals surface area contributed by atoms with Gasteiger partial charge in [-0.25, -0.2) is 0 Å². The summed E-state index contributed by atoms with van der Waals surface area (Å²) in [6.45, 7) is 12.7. The van der Waals surface area contributed by atoms with E-state index in [4.69, 9.17) is 9.47 Å². The number of morpholine rings is 1. The van der Waals surface area contributed by atoms with Crippen molar-refractivity contribution < 1.29 is 9.47 Å². The van der Waals surface area contributed by atoms with Crippen LogP contribution >= 0.6 is 0 Å². The van der Waals surface area contributed by atoms with E-state index < -0.39 is 0 Å². The van der Waals surface area contributed by atoms with Crippen LogP contribution in [0.4, 0.5) is 0 Å². The van der Waals surface area contributed by atoms with Crippen LogP contribution in [0.15, 0.2) is 11.6 Å². The van der Waals surface area contributed by atoms with Crippen molar-refractivity contribution in [2.75, 3.05) is 52.6 Å². The standard InChI is InChI=1S/C19H34N2O2/c1-15-4-3-5-16(2)18(15)12-20-13-19(17-6-9-23-14-17)21-7-10-22-11-8-21/h4,16-20H,3,5-14H2,1-2H3/t16-,17+,18+,19-/m0/s1. The Bertz CT molecular complexity index is 387. The van der Waals surface area contributed by atoms with Crippen molar-refractivity contribution in [1.82, 2.24) is 10.2 Å². The van der Waals surface area contributed by atoms with Crippen LogP contribution in [0.2, 0.25) is 0 Å². The van der Waals surface area contributed by atoms with Gasteiger partial charge in [-0.05, 0) is 38.0 Å². The maximum Gasteiger partial charge on any atom is 0.0594 e. The van der Waals surface area contributed by atoms with Gasteiger partial charge in [0.05, 0.1) is 19.8 Å². The predicted molar refractivity (Wildman–Crippen MR) is 93.6 cm³/mol. The highest BCUT2D eigenvalue weighted by atomic mass is 16.5. The van der Waals surface area contributed by atoms with E-state index in [0.29, 0.717) is 17.9 Å². The van der Waals surface area contributed by atoms with Crippen molar-refractivity contribution in [1.29, 1.82) is 0 Å². The Kier molecular flexibility index (Phi) is 6.52. The summed E-state index contributed by atoms with van der Waals surface area (Å²) in [4.78, 5) is 2.63. The fraction of sp³-hybridized carbons (Fsp3) is 0.895. The molecule has 0 radical (unpaired) electrons. The van der Waals surface area contributed by atoms with Crippen LogP contribution in [0.1, 0.15) is 33.1 Å². The molecular formula is C19H34N2O2. The third-order valence-corrected chi connectivity index (χ3v) is 6.10. The molecule has 2 aliphatic heterocycles. The van der Waals surface area contributed by atoms with E-state index in [1.807, 2.05) is 0 Å². The summed E-state index contributed by atoms with van der Waals surface area (Å²) >= 11 is 0. The Balaban J connectivity index is 1.53. The quantitative estimate of drug-likeness (QED) is 0.761. The lowest BCUT2D eigenvalue weighted by Gasteiger charge is -2.38. The van der Waals surface area contributed by atoms with Gasteiger partial charge in [-0.3, -0.25) is 4.90 Å². The molecule has 2 saturated heterocycles. The monoisotopic (exact) mass is 322 g/mol. The second-order valence-corrected chi connectivity index (χ2v) is 7.61. The zero-order chi connectivity index (χ0) is 16.1. The third-order valence-electron chi connectivity index (χ3n) is 6.10. The average molecular weight is 322 g/mol. The van der Waals surface area contributed by atoms with Crippen LogP contribution in [-0.2, 0) is 9.47 Å². The fourth-order valence-electron chi connectivity index (χ4n) is 4.48. The molecular weight excluding hydrogens is 288 g/mol. The largest absolute Gasteiger partial charge is 0.381 e. The van der Waals surface area contributed by atoms with Gasteiger partial charge >= 0.3 is 0 Å². The van der Waals surface area contributed by atoms with Crippen molar-refractivity contribution in [3.8, 4) is 0 Å². The van der Waals surface area contributed by atoms with Crippen LogP contribution < -0.4 is 5.32 Å². The van der Waals surface area contributed by atoms with Gasteiger partial charge in [0.2, 0.25) is 0 Å². The number of nitrogens with one attached hydrogen (secondary N) is 1. The molecule has 1 N–H and O–H groups in total. The van der Waals surface area contributed by atoms with E-state index in [1.54, 1.807) is 5.57 Å². The second-order valence-electron chi connectivity index (χ2n) is 7.61. The third kappa shape index (κ3) is 4.56. The van der Waals surface area contributed by atoms with Crippen molar-refractivity contribution in [3.63, 3.8) is 0 Å². The lowest BCUT2D eigenvalue weighted by molar-refractivity contribution is 0.00123. The smallest absolute Gasteiger partial charge is 0.0594 e. The van der Waals surface area contributed by atoms with Crippen molar-refractivity contribution in [3.05, 3.63) is 11.6 Å². The minimum atomic E-state index is 0.601. The van der Waals surface area contributed by atoms with Gasteiger partial charge in [-0.1, -0.05) is 18.6 Å². The van der Waals surface area contributed by atoms with Gasteiger partial charge < -0.3 is 14.8 Å². The van der Waals surface area contributed by atoms with E-state index in [1.165, 1.54) is 19.3 Å². The number of hydrogen-bond donors (Lipinski definition) is 1. The normalized spacial score (nSPS) is 34.3. The summed E-state index contributed by atoms with van der Waals surface area (Å²) in [7, 11) is 0. The molecule has 23 heavy (non-hydrogen) atoms. The maximum atomic E-state index is 5.66. The highest BCUT2D eigenvalue weighted by Crippen LogP contribution is 2.29. The van der Waals surface area contributed by atoms with Gasteiger partial charge in [0, 0.05) is 44.7 Å². The zero-order valence-corrected chi connectivity index (χ0v) is 14.9. The first-order valence-corrected chi connectivity index (χ1v) is 9.52. The van der Waals surface area contributed by atoms with Crippen LogP contribution in [-0.4, -0.2) is 63.5 Å². The van der Waals surface area contributed by atoms with Crippen molar-refractivity contribution in [2.24, 2.45) is 17.8 Å². The van der Waals surface area contributed by atoms with E-state index in [0.717, 1.165) is 58.5 Å². The SMILES string of the molecule is CC1=CCC[C@H](C)[C@@H]1CNC[C@@H]([C@@H]1CCOC1)N1CCOCC1. The van der Waals surface area contributed by atoms with E-state index in [-0.39, 0.29) is 0 Å². The molecule has 4 atom stereocenters. The van der Waals surface area contributed by atoms with E-state index >= 15 is 0 Å². The molecule has 0 aromatic carbocycles. The van der Waals surface area contributed by atoms with Crippen molar-refractivity contribution in [2.45, 2.75) is 39.2 Å². The fourth-order valence-corrected chi connectivity index (χ4v) is 4.48. The second kappa shape index (κ2) is 8.61. The molecule has 3 rings (SSSR count). The Morgan fingerprint density at radius 1 is 1.22 bits per heavy atom. The predicted octanol–water partition coefficient (Wildman–Crippen LogP) is 2.31. The molecule has 3 aliphatic rings. The molecule has 0 aromatic heterocycles. The van der Waals surface area contributed by atoms with Gasteiger partial charge in [-0.15, -0.1) is 0 Å². The molecule has 0 unspecified atom stereocenters. The number of hydrogen-bond acceptors (Lipinski definition) is 4. The first-order valence-electron chi connectivity index (χ1n) is 9.52. The molecule has 2 heterocycles. The lowest BCUT2D eigenvalue weighted by atomic mass is 9.80. The van der Waals surface area contributed by atoms with Gasteiger partial charge in [0.1, 0.15) is 0 Å². The molecule has 0 saturated carbocycles. The van der Waals surface area contributed by atoms with E-state index in [9.17, 15) is 0 Å². The summed E-state index contributed by atoms with van der Waals surface area (Å²) in [5, 5.41) is 3.81. The molecule has 1 aliphatic carbocycles. The number of nitrogens with zero attached hydrogens (tertiary/aromatic N) is 1.